The predicted octanol–water partition coefficient (Wildman–Crippen LogP) is 3.82. The molecule has 0 fully saturated rings. The first-order valence-corrected chi connectivity index (χ1v) is 5.51. The molecule has 0 saturated heterocycles. The van der Waals surface area contributed by atoms with Gasteiger partial charge in [0.05, 0.1) is 0 Å². The van der Waals surface area contributed by atoms with Gasteiger partial charge in [0.25, 0.3) is 0 Å². The van der Waals surface area contributed by atoms with Crippen molar-refractivity contribution < 1.29 is 4.42 Å². The van der Waals surface area contributed by atoms with E-state index in [0.29, 0.717) is 5.92 Å². The average molecular weight is 203 g/mol. The highest BCUT2D eigenvalue weighted by Gasteiger charge is 2.10. The molecule has 0 atom stereocenters. The third kappa shape index (κ3) is 1.76. The Morgan fingerprint density at radius 2 is 2.07 bits per heavy atom. The maximum atomic E-state index is 5.61. The molecule has 2 heteroatoms. The van der Waals surface area contributed by atoms with Gasteiger partial charge in [-0.2, -0.15) is 0 Å². The van der Waals surface area contributed by atoms with E-state index in [1.165, 1.54) is 11.1 Å². The molecular weight excluding hydrogens is 186 g/mol. The number of fused-ring (bicyclic) bond motifs is 1. The molecule has 0 amide bonds. The fraction of sp³-hybridized carbons (Fsp3) is 0.462. The molecule has 0 saturated carbocycles. The van der Waals surface area contributed by atoms with Crippen molar-refractivity contribution in [2.75, 3.05) is 0 Å². The normalized spacial score (nSPS) is 11.5. The summed E-state index contributed by atoms with van der Waals surface area (Å²) in [5.41, 5.74) is 4.56. The molecular formula is C13H17NO. The van der Waals surface area contributed by atoms with Crippen molar-refractivity contribution in [3.05, 3.63) is 29.2 Å². The second kappa shape index (κ2) is 3.69. The third-order valence-corrected chi connectivity index (χ3v) is 2.74. The minimum absolute atomic E-state index is 0.539. The van der Waals surface area contributed by atoms with Gasteiger partial charge in [-0.3, -0.25) is 0 Å². The zero-order chi connectivity index (χ0) is 11.0. The van der Waals surface area contributed by atoms with Crippen LogP contribution in [0.2, 0.25) is 0 Å². The van der Waals surface area contributed by atoms with Crippen LogP contribution in [-0.4, -0.2) is 4.98 Å². The van der Waals surface area contributed by atoms with Crippen LogP contribution in [0.3, 0.4) is 0 Å². The number of benzene rings is 1. The highest BCUT2D eigenvalue weighted by atomic mass is 16.3. The van der Waals surface area contributed by atoms with E-state index in [9.17, 15) is 0 Å². The van der Waals surface area contributed by atoms with Crippen LogP contribution < -0.4 is 0 Å². The van der Waals surface area contributed by atoms with E-state index >= 15 is 0 Å². The predicted molar refractivity (Wildman–Crippen MR) is 62.2 cm³/mol. The van der Waals surface area contributed by atoms with Crippen molar-refractivity contribution >= 4 is 11.1 Å². The number of aryl methyl sites for hydroxylation is 2. The number of nitrogens with zero attached hydrogens (tertiary/aromatic N) is 1. The van der Waals surface area contributed by atoms with Gasteiger partial charge >= 0.3 is 0 Å². The van der Waals surface area contributed by atoms with Crippen molar-refractivity contribution in [1.29, 1.82) is 0 Å². The molecule has 0 radical (unpaired) electrons. The van der Waals surface area contributed by atoms with Crippen LogP contribution in [0.1, 0.15) is 43.7 Å². The molecule has 0 aliphatic carbocycles. The summed E-state index contributed by atoms with van der Waals surface area (Å²) in [6.07, 6.45) is 0.992. The molecule has 15 heavy (non-hydrogen) atoms. The van der Waals surface area contributed by atoms with Crippen LogP contribution in [0.15, 0.2) is 16.5 Å². The Balaban J connectivity index is 2.70. The SMILES string of the molecule is CCc1cc(C(C)C)cc2nc(C)oc12. The van der Waals surface area contributed by atoms with Gasteiger partial charge in [0.1, 0.15) is 5.52 Å². The number of aromatic nitrogens is 1. The van der Waals surface area contributed by atoms with Gasteiger partial charge in [-0.05, 0) is 29.5 Å². The maximum Gasteiger partial charge on any atom is 0.192 e. The lowest BCUT2D eigenvalue weighted by Crippen LogP contribution is -1.91. The van der Waals surface area contributed by atoms with Gasteiger partial charge in [-0.15, -0.1) is 0 Å². The fourth-order valence-corrected chi connectivity index (χ4v) is 1.83. The van der Waals surface area contributed by atoms with Gasteiger partial charge in [-0.1, -0.05) is 26.8 Å². The first kappa shape index (κ1) is 10.2. The molecule has 1 aromatic heterocycles. The molecule has 2 nitrogen and oxygen atoms in total. The van der Waals surface area contributed by atoms with Crippen LogP contribution in [0.5, 0.6) is 0 Å². The first-order chi connectivity index (χ1) is 7.11. The van der Waals surface area contributed by atoms with E-state index < -0.39 is 0 Å². The van der Waals surface area contributed by atoms with E-state index in [-0.39, 0.29) is 0 Å². The number of hydrogen-bond donors (Lipinski definition) is 0. The summed E-state index contributed by atoms with van der Waals surface area (Å²) < 4.78 is 5.61. The van der Waals surface area contributed by atoms with Crippen molar-refractivity contribution in [1.82, 2.24) is 4.98 Å². The molecule has 80 valence electrons. The highest BCUT2D eigenvalue weighted by molar-refractivity contribution is 5.77. The Hall–Kier alpha value is -1.31. The van der Waals surface area contributed by atoms with Gasteiger partial charge in [0, 0.05) is 6.92 Å². The standard InChI is InChI=1S/C13H17NO/c1-5-10-6-11(8(2)3)7-12-13(10)15-9(4)14-12/h6-8H,5H2,1-4H3. The smallest absolute Gasteiger partial charge is 0.192 e. The van der Waals surface area contributed by atoms with Crippen LogP contribution >= 0.6 is 0 Å². The van der Waals surface area contributed by atoms with E-state index in [4.69, 9.17) is 4.42 Å². The van der Waals surface area contributed by atoms with Crippen LogP contribution in [0, 0.1) is 6.92 Å². The fourth-order valence-electron chi connectivity index (χ4n) is 1.83. The second-order valence-corrected chi connectivity index (χ2v) is 4.27. The van der Waals surface area contributed by atoms with Gasteiger partial charge in [-0.25, -0.2) is 4.98 Å². The Bertz CT molecular complexity index is 482. The topological polar surface area (TPSA) is 26.0 Å². The average Bonchev–Trinajstić information content (AvgIpc) is 2.56. The van der Waals surface area contributed by atoms with Gasteiger partial charge in [0.15, 0.2) is 11.5 Å². The second-order valence-electron chi connectivity index (χ2n) is 4.27. The minimum Gasteiger partial charge on any atom is -0.441 e. The molecule has 0 unspecified atom stereocenters. The molecule has 1 aromatic carbocycles. The van der Waals surface area contributed by atoms with Gasteiger partial charge < -0.3 is 4.42 Å². The van der Waals surface area contributed by atoms with E-state index in [0.717, 1.165) is 23.4 Å². The number of oxazole rings is 1. The van der Waals surface area contributed by atoms with Crippen molar-refractivity contribution in [3.8, 4) is 0 Å². The molecule has 2 rings (SSSR count). The third-order valence-electron chi connectivity index (χ3n) is 2.74. The molecule has 0 aliphatic heterocycles. The summed E-state index contributed by atoms with van der Waals surface area (Å²) in [4.78, 5) is 4.40. The Labute approximate surface area is 90.3 Å². The Morgan fingerprint density at radius 3 is 2.67 bits per heavy atom. The highest BCUT2D eigenvalue weighted by Crippen LogP contribution is 2.26. The summed E-state index contributed by atoms with van der Waals surface area (Å²) in [6.45, 7) is 8.45. The Kier molecular flexibility index (Phi) is 2.51. The lowest BCUT2D eigenvalue weighted by molar-refractivity contribution is 0.558. The van der Waals surface area contributed by atoms with Crippen LogP contribution in [0.25, 0.3) is 11.1 Å². The number of rotatable bonds is 2. The molecule has 0 spiro atoms. The van der Waals surface area contributed by atoms with E-state index in [1.807, 2.05) is 6.92 Å². The molecule has 1 heterocycles. The summed E-state index contributed by atoms with van der Waals surface area (Å²) >= 11 is 0. The van der Waals surface area contributed by atoms with E-state index in [2.05, 4.69) is 37.9 Å². The molecule has 0 N–H and O–H groups in total. The minimum atomic E-state index is 0.539. The van der Waals surface area contributed by atoms with Gasteiger partial charge in [0.2, 0.25) is 0 Å². The molecule has 2 aromatic rings. The Morgan fingerprint density at radius 1 is 1.33 bits per heavy atom. The lowest BCUT2D eigenvalue weighted by atomic mass is 9.99. The first-order valence-electron chi connectivity index (χ1n) is 5.51. The number of hydrogen-bond acceptors (Lipinski definition) is 2. The summed E-state index contributed by atoms with van der Waals surface area (Å²) in [5.74, 6) is 1.29. The summed E-state index contributed by atoms with van der Waals surface area (Å²) in [7, 11) is 0. The summed E-state index contributed by atoms with van der Waals surface area (Å²) in [5, 5.41) is 0. The zero-order valence-electron chi connectivity index (χ0n) is 9.79. The zero-order valence-corrected chi connectivity index (χ0v) is 9.79. The maximum absolute atomic E-state index is 5.61. The molecule has 0 bridgehead atoms. The van der Waals surface area contributed by atoms with Crippen molar-refractivity contribution in [2.24, 2.45) is 0 Å². The largest absolute Gasteiger partial charge is 0.441 e. The quantitative estimate of drug-likeness (QED) is 0.741. The van der Waals surface area contributed by atoms with Crippen LogP contribution in [-0.2, 0) is 6.42 Å². The van der Waals surface area contributed by atoms with Crippen molar-refractivity contribution in [2.45, 2.75) is 40.0 Å². The molecule has 0 aliphatic rings. The van der Waals surface area contributed by atoms with Crippen LogP contribution in [0.4, 0.5) is 0 Å². The van der Waals surface area contributed by atoms with E-state index in [1.54, 1.807) is 0 Å². The summed E-state index contributed by atoms with van der Waals surface area (Å²) in [6, 6.07) is 4.37. The lowest BCUT2D eigenvalue weighted by Gasteiger charge is -2.07. The van der Waals surface area contributed by atoms with Crippen molar-refractivity contribution in [3.63, 3.8) is 0 Å². The monoisotopic (exact) mass is 203 g/mol.